The number of cyclic esters (lactones) is 1. The summed E-state index contributed by atoms with van der Waals surface area (Å²) in [5.74, 6) is -1.89. The maximum Gasteiger partial charge on any atom is 0.408 e. The second-order valence-corrected chi connectivity index (χ2v) is 8.33. The number of amides is 3. The Morgan fingerprint density at radius 1 is 1.14 bits per heavy atom. The van der Waals surface area contributed by atoms with Crippen LogP contribution in [0.5, 0.6) is 0 Å². The summed E-state index contributed by atoms with van der Waals surface area (Å²) in [4.78, 5) is 49.7. The van der Waals surface area contributed by atoms with Gasteiger partial charge in [-0.3, -0.25) is 9.59 Å². The van der Waals surface area contributed by atoms with E-state index in [4.69, 9.17) is 19.3 Å². The third-order valence-electron chi connectivity index (χ3n) is 5.22. The minimum absolute atomic E-state index is 0.0316. The summed E-state index contributed by atoms with van der Waals surface area (Å²) in [7, 11) is 0. The van der Waals surface area contributed by atoms with Gasteiger partial charge in [0.05, 0.1) is 31.8 Å². The van der Waals surface area contributed by atoms with Gasteiger partial charge >= 0.3 is 12.1 Å². The molecule has 198 valence electrons. The molecule has 4 N–H and O–H groups in total. The van der Waals surface area contributed by atoms with Gasteiger partial charge in [-0.05, 0) is 25.3 Å². The molecule has 0 radical (unpaired) electrons. The SMILES string of the molecule is C[C@H]1COC(=O)[C@H](NC(=O)OCc2ccccc2)CC=CC[C@H](CC(=O)NCCOCCO)C(=O)N1. The number of allylic oxidation sites excluding steroid dienone is 1. The number of hydrogen-bond acceptors (Lipinski definition) is 8. The second kappa shape index (κ2) is 16.3. The van der Waals surface area contributed by atoms with Crippen molar-refractivity contribution in [2.75, 3.05) is 33.0 Å². The van der Waals surface area contributed by atoms with Gasteiger partial charge in [-0.15, -0.1) is 0 Å². The third-order valence-corrected chi connectivity index (χ3v) is 5.22. The van der Waals surface area contributed by atoms with Crippen LogP contribution in [0.2, 0.25) is 0 Å². The zero-order chi connectivity index (χ0) is 26.2. The maximum absolute atomic E-state index is 12.7. The Kier molecular flexibility index (Phi) is 13.0. The van der Waals surface area contributed by atoms with Crippen LogP contribution in [-0.4, -0.2) is 74.0 Å². The molecule has 0 saturated heterocycles. The molecule has 0 aromatic heterocycles. The molecule has 11 nitrogen and oxygen atoms in total. The number of ether oxygens (including phenoxy) is 3. The molecule has 3 amide bonds. The lowest BCUT2D eigenvalue weighted by Crippen LogP contribution is -2.45. The van der Waals surface area contributed by atoms with Crippen molar-refractivity contribution in [2.45, 2.75) is 44.9 Å². The van der Waals surface area contributed by atoms with Crippen LogP contribution >= 0.6 is 0 Å². The smallest absolute Gasteiger partial charge is 0.408 e. The number of aliphatic hydroxyl groups excluding tert-OH is 1. The number of carbonyl (C=O) groups excluding carboxylic acids is 4. The number of nitrogens with one attached hydrogen (secondary N) is 3. The van der Waals surface area contributed by atoms with Gasteiger partial charge in [-0.25, -0.2) is 9.59 Å². The first-order valence-electron chi connectivity index (χ1n) is 11.9. The van der Waals surface area contributed by atoms with Gasteiger partial charge in [-0.2, -0.15) is 0 Å². The van der Waals surface area contributed by atoms with Crippen LogP contribution in [0.3, 0.4) is 0 Å². The highest BCUT2D eigenvalue weighted by molar-refractivity contribution is 5.86. The molecule has 0 spiro atoms. The lowest BCUT2D eigenvalue weighted by atomic mass is 9.98. The number of esters is 1. The number of carbonyl (C=O) groups is 4. The molecule has 11 heteroatoms. The molecule has 1 aromatic rings. The molecule has 0 unspecified atom stereocenters. The average molecular weight is 506 g/mol. The Bertz CT molecular complexity index is 877. The van der Waals surface area contributed by atoms with Crippen molar-refractivity contribution < 1.29 is 38.5 Å². The Hall–Kier alpha value is -3.44. The molecule has 0 aliphatic carbocycles. The molecule has 3 atom stereocenters. The summed E-state index contributed by atoms with van der Waals surface area (Å²) in [5.41, 5.74) is 0.811. The largest absolute Gasteiger partial charge is 0.462 e. The Morgan fingerprint density at radius 2 is 1.89 bits per heavy atom. The second-order valence-electron chi connectivity index (χ2n) is 8.33. The van der Waals surface area contributed by atoms with E-state index in [2.05, 4.69) is 16.0 Å². The van der Waals surface area contributed by atoms with Gasteiger partial charge in [0, 0.05) is 13.0 Å². The van der Waals surface area contributed by atoms with E-state index in [0.717, 1.165) is 5.56 Å². The highest BCUT2D eigenvalue weighted by Gasteiger charge is 2.26. The average Bonchev–Trinajstić information content (AvgIpc) is 2.86. The molecule has 0 saturated carbocycles. The van der Waals surface area contributed by atoms with Crippen LogP contribution in [0.1, 0.15) is 31.7 Å². The maximum atomic E-state index is 12.7. The van der Waals surface area contributed by atoms with Crippen molar-refractivity contribution in [1.82, 2.24) is 16.0 Å². The summed E-state index contributed by atoms with van der Waals surface area (Å²) in [5, 5.41) is 16.7. The molecular formula is C25H35N3O8. The topological polar surface area (TPSA) is 152 Å². The minimum Gasteiger partial charge on any atom is -0.462 e. The van der Waals surface area contributed by atoms with E-state index in [1.54, 1.807) is 19.1 Å². The molecule has 0 fully saturated rings. The van der Waals surface area contributed by atoms with Crippen molar-refractivity contribution >= 4 is 23.9 Å². The van der Waals surface area contributed by atoms with Crippen molar-refractivity contribution in [1.29, 1.82) is 0 Å². The van der Waals surface area contributed by atoms with Crippen LogP contribution in [0.25, 0.3) is 0 Å². The van der Waals surface area contributed by atoms with Crippen molar-refractivity contribution in [2.24, 2.45) is 5.92 Å². The first-order valence-corrected chi connectivity index (χ1v) is 11.9. The van der Waals surface area contributed by atoms with E-state index in [1.165, 1.54) is 0 Å². The van der Waals surface area contributed by atoms with Gasteiger partial charge in [0.25, 0.3) is 0 Å². The predicted octanol–water partition coefficient (Wildman–Crippen LogP) is 0.811. The van der Waals surface area contributed by atoms with Gasteiger partial charge in [0.1, 0.15) is 19.3 Å². The van der Waals surface area contributed by atoms with Crippen molar-refractivity contribution in [3.8, 4) is 0 Å². The number of rotatable bonds is 10. The number of aliphatic hydroxyl groups is 1. The molecular weight excluding hydrogens is 470 g/mol. The number of benzene rings is 1. The van der Waals surface area contributed by atoms with Gasteiger partial charge < -0.3 is 35.3 Å². The molecule has 1 aliphatic heterocycles. The molecule has 1 aromatic carbocycles. The Morgan fingerprint density at radius 3 is 2.64 bits per heavy atom. The number of alkyl carbamates (subject to hydrolysis) is 1. The summed E-state index contributed by atoms with van der Waals surface area (Å²) in [6.45, 7) is 2.27. The van der Waals surface area contributed by atoms with E-state index in [1.807, 2.05) is 30.3 Å². The van der Waals surface area contributed by atoms with E-state index in [-0.39, 0.29) is 70.7 Å². The van der Waals surface area contributed by atoms with Crippen LogP contribution in [0.15, 0.2) is 42.5 Å². The monoisotopic (exact) mass is 505 g/mol. The zero-order valence-corrected chi connectivity index (χ0v) is 20.4. The van der Waals surface area contributed by atoms with E-state index < -0.39 is 30.1 Å². The molecule has 36 heavy (non-hydrogen) atoms. The van der Waals surface area contributed by atoms with E-state index >= 15 is 0 Å². The van der Waals surface area contributed by atoms with Crippen LogP contribution in [-0.2, 0) is 35.2 Å². The van der Waals surface area contributed by atoms with Crippen molar-refractivity contribution in [3.63, 3.8) is 0 Å². The van der Waals surface area contributed by atoms with Gasteiger partial charge in [-0.1, -0.05) is 42.5 Å². The summed E-state index contributed by atoms with van der Waals surface area (Å²) in [6, 6.07) is 7.69. The standard InChI is InChI=1S/C25H35N3O8/c1-18-16-35-24(32)21(28-25(33)36-17-19-7-3-2-4-8-19)10-6-5-9-20(23(31)27-18)15-22(30)26-11-13-34-14-12-29/h2-8,18,20-21,29H,9-17H2,1H3,(H,26,30)(H,27,31)(H,28,33)/t18-,20+,21+/m0/s1. The number of hydrogen-bond donors (Lipinski definition) is 4. The zero-order valence-electron chi connectivity index (χ0n) is 20.4. The first-order chi connectivity index (χ1) is 17.4. The van der Waals surface area contributed by atoms with E-state index in [0.29, 0.717) is 0 Å². The third kappa shape index (κ3) is 11.3. The highest BCUT2D eigenvalue weighted by atomic mass is 16.6. The molecule has 1 aliphatic rings. The molecule has 1 heterocycles. The lowest BCUT2D eigenvalue weighted by molar-refractivity contribution is -0.147. The summed E-state index contributed by atoms with van der Waals surface area (Å²) >= 11 is 0. The first kappa shape index (κ1) is 28.8. The summed E-state index contributed by atoms with van der Waals surface area (Å²) in [6.07, 6.45) is 2.99. The summed E-state index contributed by atoms with van der Waals surface area (Å²) < 4.78 is 15.6. The van der Waals surface area contributed by atoms with Crippen LogP contribution < -0.4 is 16.0 Å². The minimum atomic E-state index is -0.965. The molecule has 2 rings (SSSR count). The van der Waals surface area contributed by atoms with Gasteiger partial charge in [0.15, 0.2) is 0 Å². The van der Waals surface area contributed by atoms with Gasteiger partial charge in [0.2, 0.25) is 11.8 Å². The van der Waals surface area contributed by atoms with Crippen LogP contribution in [0, 0.1) is 5.92 Å². The Labute approximate surface area is 210 Å². The fourth-order valence-corrected chi connectivity index (χ4v) is 3.33. The fourth-order valence-electron chi connectivity index (χ4n) is 3.33. The van der Waals surface area contributed by atoms with E-state index in [9.17, 15) is 19.2 Å². The predicted molar refractivity (Wildman–Crippen MR) is 130 cm³/mol. The van der Waals surface area contributed by atoms with Crippen LogP contribution in [0.4, 0.5) is 4.79 Å². The lowest BCUT2D eigenvalue weighted by Gasteiger charge is -2.22. The van der Waals surface area contributed by atoms with Crippen molar-refractivity contribution in [3.05, 3.63) is 48.0 Å². The normalized spacial score (nSPS) is 20.8. The quantitative estimate of drug-likeness (QED) is 0.207. The highest BCUT2D eigenvalue weighted by Crippen LogP contribution is 2.13. The fraction of sp³-hybridized carbons (Fsp3) is 0.520. The Balaban J connectivity index is 1.93. The molecule has 0 bridgehead atoms.